The number of H-pyrrole nitrogens is 1. The van der Waals surface area contributed by atoms with Crippen molar-refractivity contribution in [1.29, 1.82) is 0 Å². The number of thiol groups is 1. The number of halogens is 2. The molecule has 2 bridgehead atoms. The highest BCUT2D eigenvalue weighted by molar-refractivity contribution is 8.47. The maximum atomic E-state index is 15.9. The Labute approximate surface area is 255 Å². The third kappa shape index (κ3) is 5.51. The van der Waals surface area contributed by atoms with Gasteiger partial charge in [-0.15, -0.1) is 4.52 Å². The molecular weight excluding hydrogens is 672 g/mol. The molecule has 4 aromatic heterocycles. The van der Waals surface area contributed by atoms with Gasteiger partial charge in [0.05, 0.1) is 24.9 Å². The fourth-order valence-corrected chi connectivity index (χ4v) is 7.69. The molecule has 3 saturated heterocycles. The minimum absolute atomic E-state index is 0.0245. The zero-order chi connectivity index (χ0) is 31.8. The second-order valence-corrected chi connectivity index (χ2v) is 14.5. The lowest BCUT2D eigenvalue weighted by molar-refractivity contribution is -0.0670. The molecule has 3 unspecified atom stereocenters. The molecule has 0 aromatic carbocycles. The highest BCUT2D eigenvalue weighted by atomic mass is 32.7. The number of alkyl halides is 2. The summed E-state index contributed by atoms with van der Waals surface area (Å²) in [5.41, 5.74) is 10.8. The first-order valence-corrected chi connectivity index (χ1v) is 17.2. The van der Waals surface area contributed by atoms with Crippen molar-refractivity contribution in [2.75, 3.05) is 24.7 Å². The Morgan fingerprint density at radius 1 is 0.889 bits per heavy atom. The topological polar surface area (TPSA) is 275 Å². The molecule has 8 N–H and O–H groups in total. The van der Waals surface area contributed by atoms with Crippen LogP contribution in [0.2, 0.25) is 0 Å². The maximum Gasteiger partial charge on any atom is 0.570 e. The van der Waals surface area contributed by atoms with Crippen LogP contribution in [0.5, 0.6) is 0 Å². The summed E-state index contributed by atoms with van der Waals surface area (Å²) in [5, 5.41) is 0. The number of hydrogen-bond acceptors (Lipinski definition) is 18. The van der Waals surface area contributed by atoms with Gasteiger partial charge in [0.2, 0.25) is 5.95 Å². The Kier molecular flexibility index (Phi) is 7.66. The highest BCUT2D eigenvalue weighted by Crippen LogP contribution is 2.65. The summed E-state index contributed by atoms with van der Waals surface area (Å²) in [5.74, 6) is -0.246. The molecule has 0 amide bonds. The fourth-order valence-electron chi connectivity index (χ4n) is 5.25. The van der Waals surface area contributed by atoms with E-state index in [1.807, 2.05) is 0 Å². The molecule has 3 aliphatic rings. The monoisotopic (exact) mass is 696 g/mol. The third-order valence-electron chi connectivity index (χ3n) is 7.25. The number of ether oxygens (including phenoxy) is 2. The van der Waals surface area contributed by atoms with E-state index in [1.54, 1.807) is 0 Å². The van der Waals surface area contributed by atoms with Gasteiger partial charge in [-0.1, -0.05) is 0 Å². The van der Waals surface area contributed by atoms with Gasteiger partial charge in [-0.25, -0.2) is 28.7 Å². The van der Waals surface area contributed by atoms with Crippen molar-refractivity contribution in [3.8, 4) is 0 Å². The molecule has 7 rings (SSSR count). The van der Waals surface area contributed by atoms with Crippen LogP contribution in [0.25, 0.3) is 22.3 Å². The average molecular weight is 696 g/mol. The van der Waals surface area contributed by atoms with E-state index >= 15 is 8.78 Å². The zero-order valence-electron chi connectivity index (χ0n) is 22.3. The zero-order valence-corrected chi connectivity index (χ0v) is 25.0. The van der Waals surface area contributed by atoms with Crippen molar-refractivity contribution < 1.29 is 51.0 Å². The first kappa shape index (κ1) is 30.8. The molecule has 0 spiro atoms. The van der Waals surface area contributed by atoms with Crippen LogP contribution in [0.1, 0.15) is 12.5 Å². The second kappa shape index (κ2) is 11.2. The van der Waals surface area contributed by atoms with Gasteiger partial charge in [-0.3, -0.25) is 18.9 Å². The number of nitrogen functional groups attached to an aromatic ring is 2. The lowest BCUT2D eigenvalue weighted by Gasteiger charge is -2.23. The largest absolute Gasteiger partial charge is 0.570 e. The van der Waals surface area contributed by atoms with Crippen molar-refractivity contribution in [3.05, 3.63) is 29.3 Å². The Hall–Kier alpha value is -2.79. The number of nitrogens with one attached hydrogen (secondary N) is 1. The van der Waals surface area contributed by atoms with Crippen LogP contribution in [0.4, 0.5) is 20.5 Å². The number of rotatable bonds is 2. The molecule has 9 atom stereocenters. The highest BCUT2D eigenvalue weighted by Gasteiger charge is 2.61. The van der Waals surface area contributed by atoms with Crippen LogP contribution >= 0.6 is 27.6 Å². The van der Waals surface area contributed by atoms with E-state index in [0.29, 0.717) is 0 Å². The van der Waals surface area contributed by atoms with Crippen LogP contribution in [0.15, 0.2) is 23.8 Å². The van der Waals surface area contributed by atoms with Crippen molar-refractivity contribution in [3.63, 3.8) is 0 Å². The summed E-state index contributed by atoms with van der Waals surface area (Å²) in [6, 6.07) is 0. The first-order valence-electron chi connectivity index (χ1n) is 12.9. The van der Waals surface area contributed by atoms with E-state index in [9.17, 15) is 19.5 Å². The minimum atomic E-state index is -4.89. The number of aromatic nitrogens is 8. The van der Waals surface area contributed by atoms with Gasteiger partial charge in [-0.05, 0) is 0 Å². The van der Waals surface area contributed by atoms with Crippen LogP contribution < -0.4 is 17.0 Å². The molecule has 0 radical (unpaired) electrons. The van der Waals surface area contributed by atoms with Crippen molar-refractivity contribution in [2.45, 2.75) is 49.2 Å². The molecule has 3 aliphatic heterocycles. The number of nitrogens with two attached hydrogens (primary N) is 2. The predicted octanol–water partition coefficient (Wildman–Crippen LogP) is -0.326. The van der Waals surface area contributed by atoms with Gasteiger partial charge in [-0.2, -0.15) is 33.2 Å². The average Bonchev–Trinajstić information content (AvgIpc) is 3.72. The molecule has 0 aliphatic carbocycles. The lowest BCUT2D eigenvalue weighted by Crippen LogP contribution is -2.35. The van der Waals surface area contributed by atoms with Crippen molar-refractivity contribution >= 4 is 61.7 Å². The summed E-state index contributed by atoms with van der Waals surface area (Å²) in [4.78, 5) is 66.8. The molecule has 20 nitrogen and oxygen atoms in total. The first-order chi connectivity index (χ1) is 21.3. The van der Waals surface area contributed by atoms with E-state index in [4.69, 9.17) is 39.0 Å². The van der Waals surface area contributed by atoms with Crippen LogP contribution in [0, 0.1) is 0 Å². The molecular formula is C20H24F2N10O10P2S+2. The molecule has 45 heavy (non-hydrogen) atoms. The Bertz CT molecular complexity index is 1820. The number of nitrogens with zero attached hydrogens (tertiary/aromatic N) is 7. The van der Waals surface area contributed by atoms with Crippen LogP contribution in [-0.4, -0.2) is 104 Å². The van der Waals surface area contributed by atoms with E-state index in [1.165, 1.54) is 10.9 Å². The maximum absolute atomic E-state index is 15.9. The van der Waals surface area contributed by atoms with Gasteiger partial charge in [0.1, 0.15) is 37.3 Å². The molecule has 242 valence electrons. The molecule has 0 saturated carbocycles. The minimum Gasteiger partial charge on any atom is -0.382 e. The normalized spacial score (nSPS) is 35.6. The Morgan fingerprint density at radius 2 is 1.58 bits per heavy atom. The third-order valence-corrected chi connectivity index (χ3v) is 9.89. The summed E-state index contributed by atoms with van der Waals surface area (Å²) in [6.45, 7) is -1.54. The van der Waals surface area contributed by atoms with E-state index in [0.717, 1.165) is 17.2 Å². The number of aromatic amines is 1. The predicted molar refractivity (Wildman–Crippen MR) is 151 cm³/mol. The summed E-state index contributed by atoms with van der Waals surface area (Å²) >= 11 is 4.08. The van der Waals surface area contributed by atoms with Crippen molar-refractivity contribution in [2.24, 2.45) is 0 Å². The molecule has 3 fully saturated rings. The van der Waals surface area contributed by atoms with Gasteiger partial charge in [0.25, 0.3) is 5.56 Å². The van der Waals surface area contributed by atoms with E-state index in [2.05, 4.69) is 42.2 Å². The summed E-state index contributed by atoms with van der Waals surface area (Å²) in [7, 11) is -9.17. The summed E-state index contributed by atoms with van der Waals surface area (Å²) < 4.78 is 67.1. The fraction of sp³-hybridized carbons (Fsp3) is 0.500. The smallest absolute Gasteiger partial charge is 0.382 e. The number of anilines is 2. The van der Waals surface area contributed by atoms with Gasteiger partial charge < -0.3 is 20.9 Å². The lowest BCUT2D eigenvalue weighted by atomic mass is 10.1. The number of imidazole rings is 2. The summed E-state index contributed by atoms with van der Waals surface area (Å²) in [6.07, 6.45) is -10.2. The molecule has 4 aromatic rings. The Balaban J connectivity index is 1.20. The van der Waals surface area contributed by atoms with Crippen molar-refractivity contribution in [1.82, 2.24) is 39.0 Å². The van der Waals surface area contributed by atoms with Gasteiger partial charge in [0.15, 0.2) is 59.6 Å². The van der Waals surface area contributed by atoms with Crippen LogP contribution in [0.3, 0.4) is 0 Å². The van der Waals surface area contributed by atoms with Gasteiger partial charge in [0, 0.05) is 0 Å². The number of hydrogen-bond donors (Lipinski definition) is 7. The molecule has 25 heteroatoms. The van der Waals surface area contributed by atoms with Crippen LogP contribution in [-0.2, 0) is 27.6 Å². The second-order valence-electron chi connectivity index (χ2n) is 10.1. The Morgan fingerprint density at radius 3 is 2.36 bits per heavy atom. The molecule has 7 heterocycles. The van der Waals surface area contributed by atoms with E-state index < -0.39 is 83.3 Å². The van der Waals surface area contributed by atoms with Gasteiger partial charge >= 0.3 is 15.3 Å². The quantitative estimate of drug-likeness (QED) is 0.104. The van der Waals surface area contributed by atoms with E-state index in [-0.39, 0.29) is 34.1 Å². The standard InChI is InChI=1S/C20H23F2N10O10P2S/c21-8-6-1-37-43(34,35)41-12-7(40-18(9(12)22)31-4-27-10-14(23)25-3-26-15(10)31)2-38-44(36,45)42-13(8)19(39-6)32-5-28-11-16(32)29-20(24)30-17(11)33/h3-9,12-13,18-19,34-36,45H,1-2H2,(H4-,23,24,25,26,29,30,33)/q+1/p+1/t6-,7?,8-,9+,12-,13?,18-,19-,44?/m1/s1. The number of fused-ring (bicyclic) bond motifs is 5. The SMILES string of the molecule is Nc1nc2c(ncn2[C@@H]2O[C@@H]3CO[P+](O)(O)O[C@@H]4C(CO[P+](O)(S)OC2[C@@H]3F)O[C@@H](n2cnc3c(N)ncnc32)[C@H]4F)c(=O)[nH]1.